The monoisotopic (exact) mass is 246 g/mol. The van der Waals surface area contributed by atoms with Gasteiger partial charge in [-0.2, -0.15) is 0 Å². The molecule has 1 unspecified atom stereocenters. The molecule has 0 spiro atoms. The molecular weight excluding hydrogens is 228 g/mol. The average Bonchev–Trinajstić information content (AvgIpc) is 2.36. The van der Waals surface area contributed by atoms with E-state index in [4.69, 9.17) is 11.2 Å². The highest BCUT2D eigenvalue weighted by Gasteiger charge is 2.06. The van der Waals surface area contributed by atoms with Crippen molar-refractivity contribution in [2.75, 3.05) is 13.1 Å². The summed E-state index contributed by atoms with van der Waals surface area (Å²) in [6, 6.07) is 7.49. The lowest BCUT2D eigenvalue weighted by atomic mass is 10.2. The van der Waals surface area contributed by atoms with Crippen LogP contribution in [-0.4, -0.2) is 25.2 Å². The van der Waals surface area contributed by atoms with Crippen LogP contribution in [0.25, 0.3) is 0 Å². The van der Waals surface area contributed by atoms with E-state index in [9.17, 15) is 4.79 Å². The van der Waals surface area contributed by atoms with Crippen molar-refractivity contribution >= 4 is 6.03 Å². The minimum atomic E-state index is -0.285. The lowest BCUT2D eigenvalue weighted by molar-refractivity contribution is 0.208. The van der Waals surface area contributed by atoms with Crippen LogP contribution in [0.5, 0.6) is 5.75 Å². The minimum Gasteiger partial charge on any atom is -0.489 e. The number of terminal acetylenes is 1. The largest absolute Gasteiger partial charge is 0.489 e. The predicted molar refractivity (Wildman–Crippen MR) is 71.5 cm³/mol. The van der Waals surface area contributed by atoms with Crippen LogP contribution in [0.4, 0.5) is 4.79 Å². The maximum absolute atomic E-state index is 11.2. The molecule has 4 nitrogen and oxygen atoms in total. The van der Waals surface area contributed by atoms with Crippen molar-refractivity contribution in [3.63, 3.8) is 0 Å². The number of ether oxygens (including phenoxy) is 1. The summed E-state index contributed by atoms with van der Waals surface area (Å²) in [6.45, 7) is 4.55. The molecule has 1 rings (SSSR count). The third kappa shape index (κ3) is 5.26. The van der Waals surface area contributed by atoms with Crippen LogP contribution in [0.3, 0.4) is 0 Å². The Morgan fingerprint density at radius 3 is 2.67 bits per heavy atom. The molecule has 1 aromatic rings. The van der Waals surface area contributed by atoms with E-state index in [-0.39, 0.29) is 18.7 Å². The fraction of sp³-hybridized carbons (Fsp3) is 0.357. The Morgan fingerprint density at radius 1 is 1.39 bits per heavy atom. The highest BCUT2D eigenvalue weighted by molar-refractivity contribution is 5.74. The molecule has 0 heterocycles. The maximum atomic E-state index is 11.2. The summed E-state index contributed by atoms with van der Waals surface area (Å²) in [6.07, 6.45) is 4.92. The van der Waals surface area contributed by atoms with Crippen molar-refractivity contribution in [2.24, 2.45) is 0 Å². The Balaban J connectivity index is 2.29. The van der Waals surface area contributed by atoms with Gasteiger partial charge in [-0.1, -0.05) is 23.6 Å². The molecule has 0 aliphatic heterocycles. The van der Waals surface area contributed by atoms with Crippen LogP contribution >= 0.6 is 0 Å². The van der Waals surface area contributed by atoms with Crippen molar-refractivity contribution in [1.82, 2.24) is 10.6 Å². The minimum absolute atomic E-state index is 0.107. The van der Waals surface area contributed by atoms with Gasteiger partial charge in [0.1, 0.15) is 11.9 Å². The second-order valence-corrected chi connectivity index (χ2v) is 4.01. The smallest absolute Gasteiger partial charge is 0.315 e. The summed E-state index contributed by atoms with van der Waals surface area (Å²) in [7, 11) is 0. The number of rotatable bonds is 5. The Bertz CT molecular complexity index is 420. The lowest BCUT2D eigenvalue weighted by Crippen LogP contribution is -2.40. The summed E-state index contributed by atoms with van der Waals surface area (Å²) in [5.74, 6) is 3.12. The predicted octanol–water partition coefficient (Wildman–Crippen LogP) is 1.69. The number of amides is 2. The zero-order valence-corrected chi connectivity index (χ0v) is 10.7. The Labute approximate surface area is 108 Å². The van der Waals surface area contributed by atoms with E-state index in [0.717, 1.165) is 5.75 Å². The summed E-state index contributed by atoms with van der Waals surface area (Å²) in [5, 5.41) is 5.20. The SMILES string of the molecule is C#CCNC(=O)NCC(C)Oc1ccc(C)cc1. The topological polar surface area (TPSA) is 50.4 Å². The van der Waals surface area contributed by atoms with E-state index in [1.807, 2.05) is 38.1 Å². The van der Waals surface area contributed by atoms with Gasteiger partial charge in [0.2, 0.25) is 0 Å². The van der Waals surface area contributed by atoms with E-state index in [0.29, 0.717) is 6.54 Å². The number of hydrogen-bond donors (Lipinski definition) is 2. The number of hydrogen-bond acceptors (Lipinski definition) is 2. The first-order valence-electron chi connectivity index (χ1n) is 5.80. The van der Waals surface area contributed by atoms with E-state index in [1.165, 1.54) is 5.56 Å². The molecule has 0 aliphatic carbocycles. The van der Waals surface area contributed by atoms with Gasteiger partial charge in [-0.3, -0.25) is 0 Å². The summed E-state index contributed by atoms with van der Waals surface area (Å²) >= 11 is 0. The quantitative estimate of drug-likeness (QED) is 0.777. The van der Waals surface area contributed by atoms with E-state index in [1.54, 1.807) is 0 Å². The Hall–Kier alpha value is -2.15. The van der Waals surface area contributed by atoms with Crippen LogP contribution in [0.2, 0.25) is 0 Å². The van der Waals surface area contributed by atoms with Crippen molar-refractivity contribution in [2.45, 2.75) is 20.0 Å². The molecule has 0 saturated heterocycles. The lowest BCUT2D eigenvalue weighted by Gasteiger charge is -2.15. The Kier molecular flexibility index (Phi) is 5.59. The van der Waals surface area contributed by atoms with E-state index in [2.05, 4.69) is 16.6 Å². The van der Waals surface area contributed by atoms with Crippen LogP contribution < -0.4 is 15.4 Å². The van der Waals surface area contributed by atoms with Crippen LogP contribution in [0.15, 0.2) is 24.3 Å². The van der Waals surface area contributed by atoms with Gasteiger partial charge in [0.25, 0.3) is 0 Å². The summed E-state index contributed by atoms with van der Waals surface area (Å²) in [4.78, 5) is 11.2. The molecule has 0 fully saturated rings. The van der Waals surface area contributed by atoms with Gasteiger partial charge in [0.15, 0.2) is 0 Å². The molecular formula is C14H18N2O2. The summed E-state index contributed by atoms with van der Waals surface area (Å²) in [5.41, 5.74) is 1.18. The molecule has 1 atom stereocenters. The van der Waals surface area contributed by atoms with E-state index >= 15 is 0 Å². The number of carbonyl (C=O) groups is 1. The number of benzene rings is 1. The Morgan fingerprint density at radius 2 is 2.06 bits per heavy atom. The first-order chi connectivity index (χ1) is 8.61. The second-order valence-electron chi connectivity index (χ2n) is 4.01. The van der Waals surface area contributed by atoms with Crippen LogP contribution in [0.1, 0.15) is 12.5 Å². The fourth-order valence-corrected chi connectivity index (χ4v) is 1.32. The molecule has 0 aromatic heterocycles. The second kappa shape index (κ2) is 7.23. The third-order valence-corrected chi connectivity index (χ3v) is 2.26. The van der Waals surface area contributed by atoms with Crippen LogP contribution in [-0.2, 0) is 0 Å². The van der Waals surface area contributed by atoms with Crippen molar-refractivity contribution in [3.05, 3.63) is 29.8 Å². The molecule has 4 heteroatoms. The van der Waals surface area contributed by atoms with Gasteiger partial charge in [0.05, 0.1) is 13.1 Å². The van der Waals surface area contributed by atoms with Gasteiger partial charge >= 0.3 is 6.03 Å². The molecule has 1 aromatic carbocycles. The van der Waals surface area contributed by atoms with Crippen LogP contribution in [0, 0.1) is 19.3 Å². The average molecular weight is 246 g/mol. The van der Waals surface area contributed by atoms with Gasteiger partial charge in [-0.15, -0.1) is 6.42 Å². The van der Waals surface area contributed by atoms with Gasteiger partial charge < -0.3 is 15.4 Å². The number of urea groups is 1. The van der Waals surface area contributed by atoms with Gasteiger partial charge in [-0.25, -0.2) is 4.79 Å². The van der Waals surface area contributed by atoms with Crippen molar-refractivity contribution in [3.8, 4) is 18.1 Å². The van der Waals surface area contributed by atoms with Crippen molar-refractivity contribution < 1.29 is 9.53 Å². The standard InChI is InChI=1S/C14H18N2O2/c1-4-9-15-14(17)16-10-12(3)18-13-7-5-11(2)6-8-13/h1,5-8,12H,9-10H2,2-3H3,(H2,15,16,17). The molecule has 96 valence electrons. The fourth-order valence-electron chi connectivity index (χ4n) is 1.32. The number of nitrogens with one attached hydrogen (secondary N) is 2. The highest BCUT2D eigenvalue weighted by Crippen LogP contribution is 2.12. The maximum Gasteiger partial charge on any atom is 0.315 e. The first-order valence-corrected chi connectivity index (χ1v) is 5.80. The van der Waals surface area contributed by atoms with Gasteiger partial charge in [-0.05, 0) is 26.0 Å². The zero-order chi connectivity index (χ0) is 13.4. The van der Waals surface area contributed by atoms with Gasteiger partial charge in [0, 0.05) is 0 Å². The third-order valence-electron chi connectivity index (χ3n) is 2.26. The molecule has 0 saturated carbocycles. The van der Waals surface area contributed by atoms with E-state index < -0.39 is 0 Å². The molecule has 18 heavy (non-hydrogen) atoms. The number of aryl methyl sites for hydroxylation is 1. The molecule has 0 radical (unpaired) electrons. The molecule has 2 amide bonds. The highest BCUT2D eigenvalue weighted by atomic mass is 16.5. The zero-order valence-electron chi connectivity index (χ0n) is 10.7. The molecule has 0 bridgehead atoms. The molecule has 2 N–H and O–H groups in total. The molecule has 0 aliphatic rings. The first kappa shape index (κ1) is 13.9. The number of carbonyl (C=O) groups excluding carboxylic acids is 1. The summed E-state index contributed by atoms with van der Waals surface area (Å²) < 4.78 is 5.64. The van der Waals surface area contributed by atoms with Crippen molar-refractivity contribution in [1.29, 1.82) is 0 Å². The normalized spacial score (nSPS) is 11.2.